The van der Waals surface area contributed by atoms with E-state index in [-0.39, 0.29) is 26.2 Å². The fourth-order valence-corrected chi connectivity index (χ4v) is 5.03. The van der Waals surface area contributed by atoms with Crippen LogP contribution in [0, 0.1) is 5.92 Å². The molecule has 3 aromatic rings. The number of hydrogen-bond donors (Lipinski definition) is 4. The molecular weight excluding hydrogens is 642 g/mol. The van der Waals surface area contributed by atoms with E-state index >= 15 is 0 Å². The van der Waals surface area contributed by atoms with Crippen LogP contribution in [0.15, 0.2) is 91.0 Å². The number of esters is 1. The Morgan fingerprint density at radius 1 is 0.760 bits per heavy atom. The quantitative estimate of drug-likeness (QED) is 0.123. The first-order valence-corrected chi connectivity index (χ1v) is 16.6. The first kappa shape index (κ1) is 39.5. The summed E-state index contributed by atoms with van der Waals surface area (Å²) in [5.41, 5.74) is 1.12. The standard InChI is InChI=1S/C38H49N3O9/c1-26(2)33(43)31(35(45)48-24-28-17-11-7-12-18-28)40-34(44)32(30(21-22-42)39-36(46)50-38(3,4)5)41(23-27-15-9-6-10-16-27)37(47)49-25-29-19-13-8-14-20-29/h6-20,26,30-33,42-43H,21-25H2,1-5H3,(H,39,46)(H,40,44)/t30-,31-,32-,33+/m0/s1. The van der Waals surface area contributed by atoms with Gasteiger partial charge in [0.15, 0.2) is 6.04 Å². The molecule has 0 unspecified atom stereocenters. The predicted molar refractivity (Wildman–Crippen MR) is 186 cm³/mol. The summed E-state index contributed by atoms with van der Waals surface area (Å²) in [7, 11) is 0. The molecule has 0 aliphatic carbocycles. The van der Waals surface area contributed by atoms with Crippen molar-refractivity contribution >= 4 is 24.1 Å². The highest BCUT2D eigenvalue weighted by Crippen LogP contribution is 2.20. The highest BCUT2D eigenvalue weighted by Gasteiger charge is 2.42. The van der Waals surface area contributed by atoms with Gasteiger partial charge in [-0.05, 0) is 49.8 Å². The molecule has 4 atom stereocenters. The lowest BCUT2D eigenvalue weighted by Crippen LogP contribution is -2.63. The number of rotatable bonds is 16. The molecule has 3 aromatic carbocycles. The molecule has 50 heavy (non-hydrogen) atoms. The molecule has 0 saturated heterocycles. The number of benzene rings is 3. The van der Waals surface area contributed by atoms with Gasteiger partial charge in [0, 0.05) is 13.2 Å². The first-order chi connectivity index (χ1) is 23.8. The van der Waals surface area contributed by atoms with Crippen molar-refractivity contribution < 1.29 is 43.6 Å². The number of ether oxygens (including phenoxy) is 3. The van der Waals surface area contributed by atoms with E-state index in [1.165, 1.54) is 0 Å². The highest BCUT2D eigenvalue weighted by atomic mass is 16.6. The summed E-state index contributed by atoms with van der Waals surface area (Å²) in [6, 6.07) is 22.3. The van der Waals surface area contributed by atoms with Crippen molar-refractivity contribution in [2.45, 2.75) is 90.6 Å². The summed E-state index contributed by atoms with van der Waals surface area (Å²) >= 11 is 0. The van der Waals surface area contributed by atoms with Crippen molar-refractivity contribution in [1.29, 1.82) is 0 Å². The van der Waals surface area contributed by atoms with E-state index < -0.39 is 66.4 Å². The van der Waals surface area contributed by atoms with Gasteiger partial charge < -0.3 is 35.1 Å². The molecule has 3 amide bonds. The molecule has 12 nitrogen and oxygen atoms in total. The van der Waals surface area contributed by atoms with Crippen molar-refractivity contribution in [2.75, 3.05) is 6.61 Å². The number of nitrogens with one attached hydrogen (secondary N) is 2. The molecule has 0 aromatic heterocycles. The van der Waals surface area contributed by atoms with Crippen molar-refractivity contribution in [3.05, 3.63) is 108 Å². The van der Waals surface area contributed by atoms with Crippen LogP contribution in [0.4, 0.5) is 9.59 Å². The van der Waals surface area contributed by atoms with Crippen molar-refractivity contribution in [3.63, 3.8) is 0 Å². The SMILES string of the molecule is CC(C)[C@@H](O)[C@H](NC(=O)[C@H]([C@H](CCO)NC(=O)OC(C)(C)C)N(Cc1ccccc1)C(=O)OCc1ccccc1)C(=O)OCc1ccccc1. The second-order valence-corrected chi connectivity index (χ2v) is 13.2. The van der Waals surface area contributed by atoms with Gasteiger partial charge in [0.05, 0.1) is 12.1 Å². The van der Waals surface area contributed by atoms with Gasteiger partial charge in [-0.25, -0.2) is 14.4 Å². The molecule has 0 radical (unpaired) electrons. The van der Waals surface area contributed by atoms with Crippen LogP contribution in [0.2, 0.25) is 0 Å². The lowest BCUT2D eigenvalue weighted by Gasteiger charge is -2.37. The number of hydrogen-bond acceptors (Lipinski definition) is 9. The second-order valence-electron chi connectivity index (χ2n) is 13.2. The smallest absolute Gasteiger partial charge is 0.411 e. The maximum atomic E-state index is 14.5. The third-order valence-corrected chi connectivity index (χ3v) is 7.56. The first-order valence-electron chi connectivity index (χ1n) is 16.6. The lowest BCUT2D eigenvalue weighted by molar-refractivity contribution is -0.154. The number of carbonyl (C=O) groups excluding carboxylic acids is 4. The van der Waals surface area contributed by atoms with Crippen molar-refractivity contribution in [1.82, 2.24) is 15.5 Å². The Morgan fingerprint density at radius 3 is 1.74 bits per heavy atom. The molecule has 0 heterocycles. The third-order valence-electron chi connectivity index (χ3n) is 7.56. The summed E-state index contributed by atoms with van der Waals surface area (Å²) in [6.45, 7) is 7.47. The van der Waals surface area contributed by atoms with E-state index in [2.05, 4.69) is 10.6 Å². The molecule has 0 aliphatic heterocycles. The largest absolute Gasteiger partial charge is 0.459 e. The van der Waals surface area contributed by atoms with Crippen molar-refractivity contribution in [3.8, 4) is 0 Å². The van der Waals surface area contributed by atoms with E-state index in [0.29, 0.717) is 16.7 Å². The Labute approximate surface area is 293 Å². The van der Waals surface area contributed by atoms with Crippen LogP contribution in [-0.4, -0.2) is 75.6 Å². The van der Waals surface area contributed by atoms with Gasteiger partial charge in [0.1, 0.15) is 24.9 Å². The van der Waals surface area contributed by atoms with Crippen LogP contribution in [0.25, 0.3) is 0 Å². The van der Waals surface area contributed by atoms with Gasteiger partial charge in [-0.1, -0.05) is 105 Å². The molecule has 0 aliphatic rings. The van der Waals surface area contributed by atoms with Crippen LogP contribution >= 0.6 is 0 Å². The minimum absolute atomic E-state index is 0.112. The average Bonchev–Trinajstić information content (AvgIpc) is 3.08. The van der Waals surface area contributed by atoms with Crippen LogP contribution in [0.3, 0.4) is 0 Å². The average molecular weight is 692 g/mol. The molecule has 0 bridgehead atoms. The van der Waals surface area contributed by atoms with Gasteiger partial charge in [-0.2, -0.15) is 0 Å². The molecule has 0 spiro atoms. The van der Waals surface area contributed by atoms with Crippen LogP contribution in [0.1, 0.15) is 57.7 Å². The highest BCUT2D eigenvalue weighted by molar-refractivity contribution is 5.91. The predicted octanol–water partition coefficient (Wildman–Crippen LogP) is 4.71. The van der Waals surface area contributed by atoms with E-state index in [4.69, 9.17) is 14.2 Å². The maximum Gasteiger partial charge on any atom is 0.411 e. The van der Waals surface area contributed by atoms with E-state index in [9.17, 15) is 29.4 Å². The molecule has 270 valence electrons. The number of aliphatic hydroxyl groups is 2. The van der Waals surface area contributed by atoms with E-state index in [1.54, 1.807) is 113 Å². The Hall–Kier alpha value is -4.94. The summed E-state index contributed by atoms with van der Waals surface area (Å²) in [5.74, 6) is -2.30. The van der Waals surface area contributed by atoms with Gasteiger partial charge in [-0.3, -0.25) is 9.69 Å². The fourth-order valence-electron chi connectivity index (χ4n) is 5.03. The van der Waals surface area contributed by atoms with Crippen LogP contribution in [0.5, 0.6) is 0 Å². The van der Waals surface area contributed by atoms with E-state index in [0.717, 1.165) is 4.90 Å². The number of amides is 3. The number of carbonyl (C=O) groups is 4. The van der Waals surface area contributed by atoms with Gasteiger partial charge in [0.2, 0.25) is 5.91 Å². The minimum Gasteiger partial charge on any atom is -0.459 e. The Bertz CT molecular complexity index is 1500. The molecule has 12 heteroatoms. The summed E-state index contributed by atoms with van der Waals surface area (Å²) in [5, 5.41) is 26.5. The van der Waals surface area contributed by atoms with Gasteiger partial charge in [-0.15, -0.1) is 0 Å². The molecule has 0 saturated carbocycles. The third kappa shape index (κ3) is 12.8. The van der Waals surface area contributed by atoms with Gasteiger partial charge in [0.25, 0.3) is 0 Å². The molecule has 3 rings (SSSR count). The number of alkyl carbamates (subject to hydrolysis) is 1. The number of aliphatic hydroxyl groups excluding tert-OH is 2. The normalized spacial score (nSPS) is 13.7. The topological polar surface area (TPSA) is 164 Å². The zero-order chi connectivity index (χ0) is 36.7. The maximum absolute atomic E-state index is 14.5. The van der Waals surface area contributed by atoms with Crippen molar-refractivity contribution in [2.24, 2.45) is 5.92 Å². The molecule has 0 fully saturated rings. The molecular formula is C38H49N3O9. The Kier molecular flexibility index (Phi) is 15.2. The van der Waals surface area contributed by atoms with E-state index in [1.807, 2.05) is 12.1 Å². The lowest BCUT2D eigenvalue weighted by atomic mass is 9.97. The van der Waals surface area contributed by atoms with Gasteiger partial charge >= 0.3 is 18.2 Å². The fraction of sp³-hybridized carbons (Fsp3) is 0.421. The summed E-state index contributed by atoms with van der Waals surface area (Å²) in [4.78, 5) is 56.2. The zero-order valence-electron chi connectivity index (χ0n) is 29.3. The summed E-state index contributed by atoms with van der Waals surface area (Å²) in [6.07, 6.45) is -3.37. The second kappa shape index (κ2) is 19.3. The summed E-state index contributed by atoms with van der Waals surface area (Å²) < 4.78 is 16.7. The van der Waals surface area contributed by atoms with Crippen LogP contribution < -0.4 is 10.6 Å². The Morgan fingerprint density at radius 2 is 1.26 bits per heavy atom. The van der Waals surface area contributed by atoms with Crippen LogP contribution in [-0.2, 0) is 43.6 Å². The monoisotopic (exact) mass is 691 g/mol. The minimum atomic E-state index is -1.57. The molecule has 4 N–H and O–H groups in total. The number of nitrogens with zero attached hydrogens (tertiary/aromatic N) is 1. The Balaban J connectivity index is 2.05. The zero-order valence-corrected chi connectivity index (χ0v) is 29.3.